The van der Waals surface area contributed by atoms with Crippen LogP contribution in [0.15, 0.2) is 18.2 Å². The third kappa shape index (κ3) is 4.55. The summed E-state index contributed by atoms with van der Waals surface area (Å²) in [6.07, 6.45) is 8.20. The number of nitrogens with one attached hydrogen (secondary N) is 1. The first-order chi connectivity index (χ1) is 9.69. The Hall–Kier alpha value is -0.960. The normalized spacial score (nSPS) is 18.1. The molecule has 1 aromatic rings. The van der Waals surface area contributed by atoms with Crippen LogP contribution in [0.5, 0.6) is 0 Å². The van der Waals surface area contributed by atoms with Crippen LogP contribution in [0.1, 0.15) is 51.0 Å². The first kappa shape index (κ1) is 15.4. The fourth-order valence-electron chi connectivity index (χ4n) is 3.32. The van der Waals surface area contributed by atoms with Gasteiger partial charge in [-0.1, -0.05) is 39.0 Å². The molecule has 0 amide bonds. The van der Waals surface area contributed by atoms with Crippen molar-refractivity contribution in [2.45, 2.75) is 57.9 Å². The summed E-state index contributed by atoms with van der Waals surface area (Å²) in [5, 5.41) is 3.44. The third-order valence-corrected chi connectivity index (χ3v) is 4.31. The van der Waals surface area contributed by atoms with Gasteiger partial charge in [-0.3, -0.25) is 0 Å². The summed E-state index contributed by atoms with van der Waals surface area (Å²) in [4.78, 5) is 0. The van der Waals surface area contributed by atoms with Crippen LogP contribution in [-0.2, 0) is 6.42 Å². The first-order valence-electron chi connectivity index (χ1n) is 7.86. The van der Waals surface area contributed by atoms with Gasteiger partial charge in [0.15, 0.2) is 0 Å². The van der Waals surface area contributed by atoms with E-state index in [0.717, 1.165) is 18.9 Å². The minimum Gasteiger partial charge on any atom is -0.314 e. The van der Waals surface area contributed by atoms with Crippen molar-refractivity contribution in [1.29, 1.82) is 0 Å². The number of benzene rings is 1. The molecule has 0 radical (unpaired) electrons. The zero-order chi connectivity index (χ0) is 14.4. The molecule has 1 aliphatic carbocycles. The molecule has 3 heteroatoms. The monoisotopic (exact) mass is 281 g/mol. The highest BCUT2D eigenvalue weighted by Crippen LogP contribution is 2.28. The van der Waals surface area contributed by atoms with Crippen molar-refractivity contribution < 1.29 is 8.78 Å². The quantitative estimate of drug-likeness (QED) is 0.812. The first-order valence-corrected chi connectivity index (χ1v) is 7.86. The molecule has 2 rings (SSSR count). The maximum absolute atomic E-state index is 13.8. The molecule has 0 spiro atoms. The molecular weight excluding hydrogens is 256 g/mol. The molecule has 20 heavy (non-hydrogen) atoms. The van der Waals surface area contributed by atoms with Gasteiger partial charge in [-0.15, -0.1) is 0 Å². The molecule has 1 atom stereocenters. The van der Waals surface area contributed by atoms with E-state index in [-0.39, 0.29) is 17.7 Å². The predicted molar refractivity (Wildman–Crippen MR) is 78.7 cm³/mol. The lowest BCUT2D eigenvalue weighted by Crippen LogP contribution is -2.33. The van der Waals surface area contributed by atoms with E-state index in [1.54, 1.807) is 0 Å². The Labute approximate surface area is 120 Å². The van der Waals surface area contributed by atoms with E-state index < -0.39 is 0 Å². The van der Waals surface area contributed by atoms with Crippen LogP contribution < -0.4 is 5.32 Å². The van der Waals surface area contributed by atoms with Gasteiger partial charge in [-0.05, 0) is 49.1 Å². The van der Waals surface area contributed by atoms with Gasteiger partial charge < -0.3 is 5.32 Å². The fourth-order valence-corrected chi connectivity index (χ4v) is 3.32. The zero-order valence-electron chi connectivity index (χ0n) is 12.3. The average molecular weight is 281 g/mol. The minimum absolute atomic E-state index is 0.249. The Bertz CT molecular complexity index is 413. The summed E-state index contributed by atoms with van der Waals surface area (Å²) in [5.74, 6) is 0.0942. The summed E-state index contributed by atoms with van der Waals surface area (Å²) in [6.45, 7) is 2.93. The maximum Gasteiger partial charge on any atom is 0.126 e. The van der Waals surface area contributed by atoms with E-state index in [0.29, 0.717) is 12.0 Å². The Balaban J connectivity index is 1.98. The van der Waals surface area contributed by atoms with Crippen molar-refractivity contribution >= 4 is 0 Å². The number of hydrogen-bond donors (Lipinski definition) is 1. The standard InChI is InChI=1S/C17H25F2N/c1-2-20-16(10-13-6-4-3-5-7-13)12-14-11-15(18)8-9-17(14)19/h8-9,11,13,16,20H,2-7,10,12H2,1H3. The van der Waals surface area contributed by atoms with E-state index in [2.05, 4.69) is 12.2 Å². The molecule has 112 valence electrons. The highest BCUT2D eigenvalue weighted by Gasteiger charge is 2.20. The predicted octanol–water partition coefficient (Wildman–Crippen LogP) is 4.46. The van der Waals surface area contributed by atoms with Crippen molar-refractivity contribution in [2.24, 2.45) is 5.92 Å². The molecular formula is C17H25F2N. The maximum atomic E-state index is 13.8. The van der Waals surface area contributed by atoms with Gasteiger partial charge in [-0.2, -0.15) is 0 Å². The number of halogens is 2. The Kier molecular flexibility index (Phi) is 5.96. The van der Waals surface area contributed by atoms with Gasteiger partial charge in [0.05, 0.1) is 0 Å². The average Bonchev–Trinajstić information content (AvgIpc) is 2.44. The van der Waals surface area contributed by atoms with Crippen LogP contribution in [-0.4, -0.2) is 12.6 Å². The highest BCUT2D eigenvalue weighted by molar-refractivity contribution is 5.19. The van der Waals surface area contributed by atoms with Crippen molar-refractivity contribution in [1.82, 2.24) is 5.32 Å². The van der Waals surface area contributed by atoms with E-state index in [9.17, 15) is 8.78 Å². The second-order valence-corrected chi connectivity index (χ2v) is 5.93. The molecule has 1 fully saturated rings. The van der Waals surface area contributed by atoms with Crippen LogP contribution >= 0.6 is 0 Å². The van der Waals surface area contributed by atoms with Crippen LogP contribution in [0.2, 0.25) is 0 Å². The van der Waals surface area contributed by atoms with Gasteiger partial charge in [-0.25, -0.2) is 8.78 Å². The summed E-state index contributed by atoms with van der Waals surface area (Å²) in [6, 6.07) is 4.00. The second kappa shape index (κ2) is 7.72. The number of rotatable bonds is 6. The van der Waals surface area contributed by atoms with Crippen molar-refractivity contribution in [3.63, 3.8) is 0 Å². The van der Waals surface area contributed by atoms with E-state index in [1.807, 2.05) is 0 Å². The van der Waals surface area contributed by atoms with E-state index >= 15 is 0 Å². The third-order valence-electron chi connectivity index (χ3n) is 4.31. The Morgan fingerprint density at radius 3 is 2.65 bits per heavy atom. The molecule has 1 nitrogen and oxygen atoms in total. The molecule has 1 N–H and O–H groups in total. The van der Waals surface area contributed by atoms with Gasteiger partial charge in [0.25, 0.3) is 0 Å². The summed E-state index contributed by atoms with van der Waals surface area (Å²) in [7, 11) is 0. The molecule has 1 aliphatic rings. The molecule has 0 heterocycles. The largest absolute Gasteiger partial charge is 0.314 e. The van der Waals surface area contributed by atoms with Crippen molar-refractivity contribution in [3.05, 3.63) is 35.4 Å². The lowest BCUT2D eigenvalue weighted by atomic mass is 9.83. The SMILES string of the molecule is CCNC(Cc1cc(F)ccc1F)CC1CCCCC1. The summed E-state index contributed by atoms with van der Waals surface area (Å²) < 4.78 is 27.0. The van der Waals surface area contributed by atoms with Crippen LogP contribution in [0.25, 0.3) is 0 Å². The minimum atomic E-state index is -0.352. The van der Waals surface area contributed by atoms with Crippen molar-refractivity contribution in [3.8, 4) is 0 Å². The fraction of sp³-hybridized carbons (Fsp3) is 0.647. The summed E-state index contributed by atoms with van der Waals surface area (Å²) >= 11 is 0. The van der Waals surface area contributed by atoms with Gasteiger partial charge in [0, 0.05) is 6.04 Å². The smallest absolute Gasteiger partial charge is 0.126 e. The number of likely N-dealkylation sites (N-methyl/N-ethyl adjacent to an activating group) is 1. The van der Waals surface area contributed by atoms with Crippen LogP contribution in [0.4, 0.5) is 8.78 Å². The van der Waals surface area contributed by atoms with E-state index in [4.69, 9.17) is 0 Å². The molecule has 1 saturated carbocycles. The van der Waals surface area contributed by atoms with Gasteiger partial charge in [0.1, 0.15) is 11.6 Å². The molecule has 1 aromatic carbocycles. The molecule has 0 aliphatic heterocycles. The lowest BCUT2D eigenvalue weighted by Gasteiger charge is -2.27. The van der Waals surface area contributed by atoms with Crippen LogP contribution in [0.3, 0.4) is 0 Å². The topological polar surface area (TPSA) is 12.0 Å². The Morgan fingerprint density at radius 1 is 1.20 bits per heavy atom. The zero-order valence-corrected chi connectivity index (χ0v) is 12.3. The molecule has 0 bridgehead atoms. The molecule has 1 unspecified atom stereocenters. The van der Waals surface area contributed by atoms with Gasteiger partial charge in [0.2, 0.25) is 0 Å². The van der Waals surface area contributed by atoms with Gasteiger partial charge >= 0.3 is 0 Å². The summed E-state index contributed by atoms with van der Waals surface area (Å²) in [5.41, 5.74) is 0.492. The molecule has 0 saturated heterocycles. The van der Waals surface area contributed by atoms with E-state index in [1.165, 1.54) is 50.3 Å². The highest BCUT2D eigenvalue weighted by atomic mass is 19.1. The second-order valence-electron chi connectivity index (χ2n) is 5.93. The Morgan fingerprint density at radius 2 is 1.95 bits per heavy atom. The van der Waals surface area contributed by atoms with Crippen molar-refractivity contribution in [2.75, 3.05) is 6.54 Å². The lowest BCUT2D eigenvalue weighted by molar-refractivity contribution is 0.297. The number of hydrogen-bond acceptors (Lipinski definition) is 1. The molecule has 0 aromatic heterocycles. The van der Waals surface area contributed by atoms with Crippen LogP contribution in [0, 0.1) is 17.6 Å².